The minimum absolute atomic E-state index is 0.0274. The predicted octanol–water partition coefficient (Wildman–Crippen LogP) is 5.13. The van der Waals surface area contributed by atoms with Gasteiger partial charge in [-0.25, -0.2) is 9.37 Å². The number of halogens is 4. The maximum absolute atomic E-state index is 15.0. The summed E-state index contributed by atoms with van der Waals surface area (Å²) in [6.45, 7) is 1.13. The van der Waals surface area contributed by atoms with Gasteiger partial charge in [-0.2, -0.15) is 0 Å². The molecule has 1 heterocycles. The Morgan fingerprint density at radius 1 is 1.30 bits per heavy atom. The second kappa shape index (κ2) is 9.03. The van der Waals surface area contributed by atoms with Crippen LogP contribution in [0.4, 0.5) is 10.1 Å². The summed E-state index contributed by atoms with van der Waals surface area (Å²) in [5.41, 5.74) is 6.15. The summed E-state index contributed by atoms with van der Waals surface area (Å²) >= 11 is 15.1. The standard InChI is InChI=1S/C19H14BrCl2FN4O3/c1-8(28)18-26-15(17(20)27-18)19(29)25-7-9-2-3-13(22)16(14(9)23)30-12-5-10(21)4-11(24)6-12/h2-6H,7,24H2,1H3,(H,25,29)(H,26,27). The summed E-state index contributed by atoms with van der Waals surface area (Å²) in [6, 6.07) is 7.30. The largest absolute Gasteiger partial charge is 0.453 e. The van der Waals surface area contributed by atoms with Crippen LogP contribution in [0.3, 0.4) is 0 Å². The Balaban J connectivity index is 1.79. The van der Waals surface area contributed by atoms with E-state index in [4.69, 9.17) is 33.7 Å². The number of H-pyrrole nitrogens is 1. The molecule has 0 aliphatic carbocycles. The molecule has 156 valence electrons. The zero-order chi connectivity index (χ0) is 22.0. The first kappa shape index (κ1) is 22.1. The maximum atomic E-state index is 15.0. The Morgan fingerprint density at radius 2 is 2.03 bits per heavy atom. The number of carbonyl (C=O) groups excluding carboxylic acids is 2. The summed E-state index contributed by atoms with van der Waals surface area (Å²) in [5, 5.41) is 2.88. The normalized spacial score (nSPS) is 10.7. The van der Waals surface area contributed by atoms with Gasteiger partial charge < -0.3 is 20.8 Å². The number of carbonyl (C=O) groups is 2. The van der Waals surface area contributed by atoms with Gasteiger partial charge in [0.1, 0.15) is 10.4 Å². The van der Waals surface area contributed by atoms with Gasteiger partial charge in [0, 0.05) is 35.8 Å². The summed E-state index contributed by atoms with van der Waals surface area (Å²) in [4.78, 5) is 30.3. The zero-order valence-corrected chi connectivity index (χ0v) is 18.5. The predicted molar refractivity (Wildman–Crippen MR) is 115 cm³/mol. The monoisotopic (exact) mass is 514 g/mol. The van der Waals surface area contributed by atoms with Crippen LogP contribution < -0.4 is 15.8 Å². The number of nitrogens with zero attached hydrogens (tertiary/aromatic N) is 1. The smallest absolute Gasteiger partial charge is 0.272 e. The Kier molecular flexibility index (Phi) is 6.64. The van der Waals surface area contributed by atoms with Crippen LogP contribution in [0.25, 0.3) is 0 Å². The van der Waals surface area contributed by atoms with Crippen LogP contribution in [0.1, 0.15) is 33.6 Å². The molecule has 1 amide bonds. The number of ketones is 1. The van der Waals surface area contributed by atoms with Gasteiger partial charge in [0.2, 0.25) is 0 Å². The van der Waals surface area contributed by atoms with E-state index in [0.29, 0.717) is 10.7 Å². The molecule has 0 aliphatic rings. The van der Waals surface area contributed by atoms with E-state index in [9.17, 15) is 14.0 Å². The molecule has 0 bridgehead atoms. The first-order chi connectivity index (χ1) is 14.2. The van der Waals surface area contributed by atoms with Gasteiger partial charge in [0.05, 0.1) is 5.02 Å². The molecule has 0 spiro atoms. The van der Waals surface area contributed by atoms with Crippen LogP contribution in [-0.2, 0) is 6.54 Å². The van der Waals surface area contributed by atoms with Gasteiger partial charge in [-0.1, -0.05) is 29.3 Å². The molecule has 11 heteroatoms. The molecule has 3 rings (SSSR count). The summed E-state index contributed by atoms with van der Waals surface area (Å²) in [5.74, 6) is -1.69. The topological polar surface area (TPSA) is 110 Å². The lowest BCUT2D eigenvalue weighted by Gasteiger charge is -2.13. The van der Waals surface area contributed by atoms with Crippen molar-refractivity contribution >= 4 is 56.5 Å². The molecule has 0 saturated carbocycles. The molecule has 0 saturated heterocycles. The highest BCUT2D eigenvalue weighted by Gasteiger charge is 2.20. The molecule has 0 radical (unpaired) electrons. The number of Topliss-reactive ketones (excluding diaryl/α,β-unsaturated/α-hetero) is 1. The number of rotatable bonds is 6. The average Bonchev–Trinajstić information content (AvgIpc) is 3.05. The third-order valence-electron chi connectivity index (χ3n) is 3.89. The third kappa shape index (κ3) is 4.92. The lowest BCUT2D eigenvalue weighted by atomic mass is 10.2. The molecule has 0 atom stereocenters. The lowest BCUT2D eigenvalue weighted by Crippen LogP contribution is -2.24. The second-order valence-electron chi connectivity index (χ2n) is 6.16. The molecular formula is C19H14BrCl2FN4O3. The van der Waals surface area contributed by atoms with E-state index >= 15 is 0 Å². The van der Waals surface area contributed by atoms with Crippen molar-refractivity contribution in [3.63, 3.8) is 0 Å². The number of benzene rings is 2. The highest BCUT2D eigenvalue weighted by molar-refractivity contribution is 9.10. The maximum Gasteiger partial charge on any atom is 0.272 e. The number of amides is 1. The van der Waals surface area contributed by atoms with E-state index in [1.54, 1.807) is 0 Å². The average molecular weight is 516 g/mol. The van der Waals surface area contributed by atoms with Crippen molar-refractivity contribution in [1.29, 1.82) is 0 Å². The first-order valence-electron chi connectivity index (χ1n) is 8.41. The van der Waals surface area contributed by atoms with E-state index in [1.807, 2.05) is 0 Å². The summed E-state index contributed by atoms with van der Waals surface area (Å²) < 4.78 is 20.7. The Hall–Kier alpha value is -2.62. The number of nitrogen functional groups attached to an aromatic ring is 1. The fraction of sp³-hybridized carbons (Fsp3) is 0.105. The van der Waals surface area contributed by atoms with Gasteiger partial charge in [0.15, 0.2) is 28.9 Å². The number of anilines is 1. The van der Waals surface area contributed by atoms with Crippen molar-refractivity contribution in [2.45, 2.75) is 13.5 Å². The van der Waals surface area contributed by atoms with Crippen LogP contribution in [0, 0.1) is 5.82 Å². The SMILES string of the molecule is CC(=O)c1nc(C(=O)NCc2ccc(Cl)c(Oc3cc(N)cc(Cl)c3)c2F)c(Br)[nH]1. The van der Waals surface area contributed by atoms with Gasteiger partial charge in [-0.3, -0.25) is 9.59 Å². The third-order valence-corrected chi connectivity index (χ3v) is 4.98. The fourth-order valence-corrected chi connectivity index (χ4v) is 3.37. The Bertz CT molecular complexity index is 1130. The van der Waals surface area contributed by atoms with Crippen LogP contribution >= 0.6 is 39.1 Å². The highest BCUT2D eigenvalue weighted by Crippen LogP contribution is 2.35. The molecule has 0 fully saturated rings. The molecule has 1 aromatic heterocycles. The molecular weight excluding hydrogens is 502 g/mol. The number of ether oxygens (including phenoxy) is 1. The molecule has 7 nitrogen and oxygen atoms in total. The highest BCUT2D eigenvalue weighted by atomic mass is 79.9. The van der Waals surface area contributed by atoms with Crippen molar-refractivity contribution in [3.8, 4) is 11.5 Å². The van der Waals surface area contributed by atoms with Crippen molar-refractivity contribution in [2.75, 3.05) is 5.73 Å². The van der Waals surface area contributed by atoms with Crippen molar-refractivity contribution in [3.05, 3.63) is 67.9 Å². The van der Waals surface area contributed by atoms with Crippen molar-refractivity contribution in [2.24, 2.45) is 0 Å². The van der Waals surface area contributed by atoms with Gasteiger partial charge >= 0.3 is 0 Å². The van der Waals surface area contributed by atoms with E-state index in [-0.39, 0.29) is 50.5 Å². The molecule has 2 aromatic carbocycles. The van der Waals surface area contributed by atoms with Crippen LogP contribution in [-0.4, -0.2) is 21.7 Å². The molecule has 3 aromatic rings. The number of aromatic amines is 1. The molecule has 4 N–H and O–H groups in total. The number of imidazole rings is 1. The van der Waals surface area contributed by atoms with E-state index < -0.39 is 11.7 Å². The molecule has 30 heavy (non-hydrogen) atoms. The number of hydrogen-bond acceptors (Lipinski definition) is 5. The zero-order valence-electron chi connectivity index (χ0n) is 15.4. The lowest BCUT2D eigenvalue weighted by molar-refractivity contribution is 0.0945. The summed E-state index contributed by atoms with van der Waals surface area (Å²) in [6.07, 6.45) is 0. The number of nitrogens with one attached hydrogen (secondary N) is 2. The second-order valence-corrected chi connectivity index (χ2v) is 7.80. The molecule has 0 unspecified atom stereocenters. The minimum atomic E-state index is -0.758. The van der Waals surface area contributed by atoms with Crippen molar-refractivity contribution < 1.29 is 18.7 Å². The van der Waals surface area contributed by atoms with Gasteiger partial charge in [-0.15, -0.1) is 0 Å². The van der Waals surface area contributed by atoms with Crippen LogP contribution in [0.15, 0.2) is 34.9 Å². The van der Waals surface area contributed by atoms with E-state index in [1.165, 1.54) is 37.3 Å². The number of hydrogen-bond donors (Lipinski definition) is 3. The van der Waals surface area contributed by atoms with Crippen LogP contribution in [0.5, 0.6) is 11.5 Å². The van der Waals surface area contributed by atoms with E-state index in [2.05, 4.69) is 31.2 Å². The Labute approximate surface area is 188 Å². The minimum Gasteiger partial charge on any atom is -0.453 e. The quantitative estimate of drug-likeness (QED) is 0.311. The first-order valence-corrected chi connectivity index (χ1v) is 9.96. The number of aromatic nitrogens is 2. The van der Waals surface area contributed by atoms with Crippen LogP contribution in [0.2, 0.25) is 10.0 Å². The van der Waals surface area contributed by atoms with Crippen molar-refractivity contribution in [1.82, 2.24) is 15.3 Å². The number of nitrogens with two attached hydrogens (primary N) is 1. The molecule has 0 aliphatic heterocycles. The van der Waals surface area contributed by atoms with E-state index in [0.717, 1.165) is 0 Å². The Morgan fingerprint density at radius 3 is 2.67 bits per heavy atom. The fourth-order valence-electron chi connectivity index (χ4n) is 2.49. The summed E-state index contributed by atoms with van der Waals surface area (Å²) in [7, 11) is 0. The van der Waals surface area contributed by atoms with Gasteiger partial charge in [-0.05, 0) is 34.1 Å². The van der Waals surface area contributed by atoms with Gasteiger partial charge in [0.25, 0.3) is 5.91 Å².